The van der Waals surface area contributed by atoms with Crippen LogP contribution in [0.25, 0.3) is 10.9 Å². The molecule has 0 saturated carbocycles. The van der Waals surface area contributed by atoms with E-state index in [4.69, 9.17) is 4.98 Å². The van der Waals surface area contributed by atoms with Gasteiger partial charge in [0.15, 0.2) is 11.0 Å². The Labute approximate surface area is 179 Å². The highest BCUT2D eigenvalue weighted by Gasteiger charge is 2.14. The van der Waals surface area contributed by atoms with Gasteiger partial charge in [0.2, 0.25) is 0 Å². The second kappa shape index (κ2) is 9.67. The maximum atomic E-state index is 13.2. The van der Waals surface area contributed by atoms with Gasteiger partial charge in [-0.1, -0.05) is 61.2 Å². The topological polar surface area (TPSA) is 78.5 Å². The Morgan fingerprint density at radius 2 is 1.80 bits per heavy atom. The fraction of sp³-hybridized carbons (Fsp3) is 0.318. The number of hydrogen-bond donors (Lipinski definition) is 0. The Balaban J connectivity index is 1.59. The van der Waals surface area contributed by atoms with E-state index in [1.165, 1.54) is 17.3 Å². The number of para-hydroxylation sites is 1. The normalized spacial score (nSPS) is 11.2. The van der Waals surface area contributed by atoms with Gasteiger partial charge in [-0.25, -0.2) is 9.67 Å². The lowest BCUT2D eigenvalue weighted by molar-refractivity contribution is 0.559. The number of rotatable bonds is 9. The summed E-state index contributed by atoms with van der Waals surface area (Å²) < 4.78 is 3.61. The summed E-state index contributed by atoms with van der Waals surface area (Å²) in [5, 5.41) is 13.3. The Bertz CT molecular complexity index is 1170. The molecule has 7 nitrogen and oxygen atoms in total. The predicted octanol–water partition coefficient (Wildman–Crippen LogP) is 3.72. The number of benzene rings is 2. The second-order valence-corrected chi connectivity index (χ2v) is 8.01. The monoisotopic (exact) mass is 420 g/mol. The Hall–Kier alpha value is -3.00. The molecule has 0 radical (unpaired) electrons. The van der Waals surface area contributed by atoms with Gasteiger partial charge in [-0.05, 0) is 47.4 Å². The zero-order valence-electron chi connectivity index (χ0n) is 16.9. The molecule has 30 heavy (non-hydrogen) atoms. The first-order valence-electron chi connectivity index (χ1n) is 10.2. The zero-order chi connectivity index (χ0) is 20.8. The molecule has 2 heterocycles. The number of nitrogens with zero attached hydrogens (tertiary/aromatic N) is 6. The SMILES string of the molecule is CCCn1nnnc1CSc1nc2ccccc2c(=O)n1CCCc1ccccc1. The predicted molar refractivity (Wildman–Crippen MR) is 118 cm³/mol. The molecule has 0 spiro atoms. The smallest absolute Gasteiger partial charge is 0.262 e. The third kappa shape index (κ3) is 4.59. The first-order valence-corrected chi connectivity index (χ1v) is 11.2. The molecule has 0 amide bonds. The van der Waals surface area contributed by atoms with Gasteiger partial charge < -0.3 is 0 Å². The number of fused-ring (bicyclic) bond motifs is 1. The molecule has 2 aromatic carbocycles. The molecule has 2 aromatic heterocycles. The maximum absolute atomic E-state index is 13.2. The van der Waals surface area contributed by atoms with Crippen molar-refractivity contribution in [3.63, 3.8) is 0 Å². The van der Waals surface area contributed by atoms with E-state index in [0.29, 0.717) is 22.8 Å². The van der Waals surface area contributed by atoms with Gasteiger partial charge in [0.1, 0.15) is 0 Å². The van der Waals surface area contributed by atoms with Gasteiger partial charge in [0.05, 0.1) is 16.7 Å². The van der Waals surface area contributed by atoms with Crippen molar-refractivity contribution in [3.8, 4) is 0 Å². The average molecular weight is 421 g/mol. The summed E-state index contributed by atoms with van der Waals surface area (Å²) in [6, 6.07) is 17.8. The van der Waals surface area contributed by atoms with E-state index in [2.05, 4.69) is 34.6 Å². The molecule has 0 aliphatic heterocycles. The Kier molecular flexibility index (Phi) is 6.53. The van der Waals surface area contributed by atoms with E-state index in [1.54, 1.807) is 4.57 Å². The first-order chi connectivity index (χ1) is 14.8. The summed E-state index contributed by atoms with van der Waals surface area (Å²) in [4.78, 5) is 18.0. The summed E-state index contributed by atoms with van der Waals surface area (Å²) in [6.45, 7) is 3.49. The highest BCUT2D eigenvalue weighted by atomic mass is 32.2. The van der Waals surface area contributed by atoms with Crippen molar-refractivity contribution >= 4 is 22.7 Å². The lowest BCUT2D eigenvalue weighted by Gasteiger charge is -2.13. The van der Waals surface area contributed by atoms with E-state index in [0.717, 1.165) is 37.1 Å². The highest BCUT2D eigenvalue weighted by Crippen LogP contribution is 2.22. The third-order valence-electron chi connectivity index (χ3n) is 4.89. The van der Waals surface area contributed by atoms with E-state index in [-0.39, 0.29) is 5.56 Å². The van der Waals surface area contributed by atoms with Crippen LogP contribution < -0.4 is 5.56 Å². The van der Waals surface area contributed by atoms with Gasteiger partial charge >= 0.3 is 0 Å². The van der Waals surface area contributed by atoms with Gasteiger partial charge in [0, 0.05) is 13.1 Å². The van der Waals surface area contributed by atoms with Gasteiger partial charge in [-0.3, -0.25) is 9.36 Å². The minimum atomic E-state index is 0.00399. The quantitative estimate of drug-likeness (QED) is 0.303. The lowest BCUT2D eigenvalue weighted by Crippen LogP contribution is -2.24. The Morgan fingerprint density at radius 1 is 1.00 bits per heavy atom. The van der Waals surface area contributed by atoms with Gasteiger partial charge in [-0.15, -0.1) is 5.10 Å². The summed E-state index contributed by atoms with van der Waals surface area (Å²) >= 11 is 1.51. The molecule has 0 saturated heterocycles. The Morgan fingerprint density at radius 3 is 2.63 bits per heavy atom. The molecule has 0 atom stereocenters. The molecule has 4 aromatic rings. The van der Waals surface area contributed by atoms with Crippen LogP contribution in [-0.4, -0.2) is 29.8 Å². The highest BCUT2D eigenvalue weighted by molar-refractivity contribution is 7.98. The van der Waals surface area contributed by atoms with Crippen LogP contribution in [0.15, 0.2) is 64.5 Å². The largest absolute Gasteiger partial charge is 0.287 e. The molecule has 4 rings (SSSR count). The van der Waals surface area contributed by atoms with Crippen LogP contribution in [0.2, 0.25) is 0 Å². The fourth-order valence-corrected chi connectivity index (χ4v) is 4.34. The van der Waals surface area contributed by atoms with Gasteiger partial charge in [0.25, 0.3) is 5.56 Å². The summed E-state index contributed by atoms with van der Waals surface area (Å²) in [5.74, 6) is 1.36. The van der Waals surface area contributed by atoms with Crippen molar-refractivity contribution in [1.82, 2.24) is 29.8 Å². The van der Waals surface area contributed by atoms with Crippen LogP contribution in [-0.2, 0) is 25.3 Å². The van der Waals surface area contributed by atoms with Crippen molar-refractivity contribution in [2.45, 2.75) is 50.2 Å². The van der Waals surface area contributed by atoms with E-state index >= 15 is 0 Å². The fourth-order valence-electron chi connectivity index (χ4n) is 3.38. The average Bonchev–Trinajstić information content (AvgIpc) is 3.22. The van der Waals surface area contributed by atoms with Crippen LogP contribution in [0.1, 0.15) is 31.2 Å². The number of aryl methyl sites for hydroxylation is 2. The first kappa shape index (κ1) is 20.3. The summed E-state index contributed by atoms with van der Waals surface area (Å²) in [6.07, 6.45) is 2.74. The summed E-state index contributed by atoms with van der Waals surface area (Å²) in [5.41, 5.74) is 1.99. The number of aromatic nitrogens is 6. The maximum Gasteiger partial charge on any atom is 0.262 e. The van der Waals surface area contributed by atoms with Crippen LogP contribution >= 0.6 is 11.8 Å². The van der Waals surface area contributed by atoms with E-state index < -0.39 is 0 Å². The van der Waals surface area contributed by atoms with Crippen LogP contribution in [0.3, 0.4) is 0 Å². The number of thioether (sulfide) groups is 1. The molecule has 8 heteroatoms. The van der Waals surface area contributed by atoms with Crippen molar-refractivity contribution in [2.24, 2.45) is 0 Å². The minimum absolute atomic E-state index is 0.00399. The van der Waals surface area contributed by atoms with Crippen molar-refractivity contribution in [2.75, 3.05) is 0 Å². The third-order valence-corrected chi connectivity index (χ3v) is 5.86. The minimum Gasteiger partial charge on any atom is -0.287 e. The summed E-state index contributed by atoms with van der Waals surface area (Å²) in [7, 11) is 0. The molecule has 0 unspecified atom stereocenters. The standard InChI is InChI=1S/C22H24N6OS/c1-2-14-28-20(24-25-26-28)16-30-22-23-19-13-7-6-12-18(19)21(29)27(22)15-8-11-17-9-4-3-5-10-17/h3-7,9-10,12-13H,2,8,11,14-16H2,1H3. The number of hydrogen-bond acceptors (Lipinski definition) is 6. The lowest BCUT2D eigenvalue weighted by atomic mass is 10.1. The van der Waals surface area contributed by atoms with Crippen LogP contribution in [0, 0.1) is 0 Å². The molecule has 0 aliphatic rings. The molecular weight excluding hydrogens is 396 g/mol. The molecule has 0 aliphatic carbocycles. The molecule has 154 valence electrons. The van der Waals surface area contributed by atoms with Crippen LogP contribution in [0.5, 0.6) is 0 Å². The second-order valence-electron chi connectivity index (χ2n) is 7.06. The van der Waals surface area contributed by atoms with Crippen LogP contribution in [0.4, 0.5) is 0 Å². The molecular formula is C22H24N6OS. The zero-order valence-corrected chi connectivity index (χ0v) is 17.8. The molecule has 0 fully saturated rings. The molecule has 0 bridgehead atoms. The molecule has 0 N–H and O–H groups in total. The van der Waals surface area contributed by atoms with Crippen molar-refractivity contribution in [3.05, 3.63) is 76.3 Å². The van der Waals surface area contributed by atoms with Crippen molar-refractivity contribution < 1.29 is 0 Å². The van der Waals surface area contributed by atoms with E-state index in [1.807, 2.05) is 47.1 Å². The van der Waals surface area contributed by atoms with Gasteiger partial charge in [-0.2, -0.15) is 0 Å². The van der Waals surface area contributed by atoms with Crippen molar-refractivity contribution in [1.29, 1.82) is 0 Å². The van der Waals surface area contributed by atoms with E-state index in [9.17, 15) is 4.79 Å². The number of tetrazole rings is 1.